The Morgan fingerprint density at radius 2 is 0.561 bits per heavy atom. The molecule has 0 heterocycles. The molecular formula is C63H122O17P2. The van der Waals surface area contributed by atoms with Crippen LogP contribution in [0, 0.1) is 11.8 Å². The Morgan fingerprint density at radius 1 is 0.329 bits per heavy atom. The van der Waals surface area contributed by atoms with Gasteiger partial charge in [0.2, 0.25) is 0 Å². The molecule has 0 aliphatic rings. The molecule has 0 fully saturated rings. The predicted molar refractivity (Wildman–Crippen MR) is 326 cm³/mol. The fourth-order valence-electron chi connectivity index (χ4n) is 9.35. The van der Waals surface area contributed by atoms with Gasteiger partial charge in [-0.3, -0.25) is 37.3 Å². The summed E-state index contributed by atoms with van der Waals surface area (Å²) in [7, 11) is -9.88. The Labute approximate surface area is 498 Å². The molecule has 0 spiro atoms. The lowest BCUT2D eigenvalue weighted by Crippen LogP contribution is -2.30. The third-order valence-corrected chi connectivity index (χ3v) is 16.4. The van der Waals surface area contributed by atoms with E-state index >= 15 is 0 Å². The summed E-state index contributed by atoms with van der Waals surface area (Å²) in [4.78, 5) is 72.1. The molecule has 0 aromatic heterocycles. The molecule has 486 valence electrons. The largest absolute Gasteiger partial charge is 0.472 e. The van der Waals surface area contributed by atoms with Crippen molar-refractivity contribution in [1.82, 2.24) is 0 Å². The summed E-state index contributed by atoms with van der Waals surface area (Å²) in [5.41, 5.74) is 0. The summed E-state index contributed by atoms with van der Waals surface area (Å²) >= 11 is 0. The van der Waals surface area contributed by atoms with E-state index in [1.165, 1.54) is 122 Å². The number of phosphoric acid groups is 2. The van der Waals surface area contributed by atoms with Gasteiger partial charge in [0.1, 0.15) is 19.3 Å². The van der Waals surface area contributed by atoms with Gasteiger partial charge < -0.3 is 33.8 Å². The highest BCUT2D eigenvalue weighted by molar-refractivity contribution is 7.47. The first kappa shape index (κ1) is 80.1. The Morgan fingerprint density at radius 3 is 0.829 bits per heavy atom. The second kappa shape index (κ2) is 55.6. The number of carbonyl (C=O) groups excluding carboxylic acids is 4. The highest BCUT2D eigenvalue weighted by Gasteiger charge is 2.30. The van der Waals surface area contributed by atoms with E-state index in [0.717, 1.165) is 102 Å². The van der Waals surface area contributed by atoms with E-state index in [1.807, 2.05) is 0 Å². The number of aliphatic hydroxyl groups is 1. The zero-order valence-electron chi connectivity index (χ0n) is 52.8. The zero-order chi connectivity index (χ0) is 60.8. The van der Waals surface area contributed by atoms with E-state index < -0.39 is 97.5 Å². The number of phosphoric ester groups is 2. The number of aliphatic hydroxyl groups excluding tert-OH is 1. The summed E-state index contributed by atoms with van der Waals surface area (Å²) in [5.74, 6) is -0.691. The second-order valence-corrected chi connectivity index (χ2v) is 26.7. The van der Waals surface area contributed by atoms with Crippen LogP contribution in [0.3, 0.4) is 0 Å². The lowest BCUT2D eigenvalue weighted by atomic mass is 10.0. The minimum atomic E-state index is -4.94. The molecule has 5 atom stereocenters. The first-order valence-electron chi connectivity index (χ1n) is 33.0. The topological polar surface area (TPSA) is 237 Å². The molecule has 0 rings (SSSR count). The summed E-state index contributed by atoms with van der Waals surface area (Å²) < 4.78 is 67.9. The zero-order valence-corrected chi connectivity index (χ0v) is 54.6. The Hall–Kier alpha value is -1.94. The fourth-order valence-corrected chi connectivity index (χ4v) is 10.9. The standard InChI is InChI=1S/C63H122O17P2/c1-7-9-11-13-15-17-18-22-28-34-40-46-61(66)74-52-58(79-62(67)47-41-35-29-23-20-19-21-25-31-37-43-55(3)4)53-77-81(69,70)75-49-57(64)50-76-82(71,72)78-54-59(51-73-60(65)45-39-33-27-16-14-12-10-8-2)80-63(68)48-42-36-30-24-26-32-38-44-56(5)6/h55-59,64H,7-54H2,1-6H3,(H,69,70)(H,71,72)/t57-,58-,59-/m1/s1. The van der Waals surface area contributed by atoms with Crippen molar-refractivity contribution in [3.05, 3.63) is 0 Å². The summed E-state index contributed by atoms with van der Waals surface area (Å²) in [6, 6.07) is 0. The molecule has 0 radical (unpaired) electrons. The average Bonchev–Trinajstić information content (AvgIpc) is 3.43. The SMILES string of the molecule is CCCCCCCCCCCCCC(=O)OC[C@H](COP(=O)(O)OC[C@@H](O)COP(=O)(O)OC[C@@H](COC(=O)CCCCCCCCCC)OC(=O)CCCCCCCCCC(C)C)OC(=O)CCCCCCCCCCCCC(C)C. The molecule has 3 N–H and O–H groups in total. The van der Waals surface area contributed by atoms with Crippen LogP contribution < -0.4 is 0 Å². The highest BCUT2D eigenvalue weighted by Crippen LogP contribution is 2.45. The van der Waals surface area contributed by atoms with Crippen LogP contribution in [0.15, 0.2) is 0 Å². The summed E-state index contributed by atoms with van der Waals surface area (Å²) in [6.07, 6.45) is 37.6. The van der Waals surface area contributed by atoms with Crippen LogP contribution in [0.4, 0.5) is 0 Å². The van der Waals surface area contributed by atoms with E-state index in [9.17, 15) is 43.2 Å². The number of ether oxygens (including phenoxy) is 4. The van der Waals surface area contributed by atoms with Gasteiger partial charge in [-0.15, -0.1) is 0 Å². The van der Waals surface area contributed by atoms with Crippen LogP contribution in [0.25, 0.3) is 0 Å². The van der Waals surface area contributed by atoms with Gasteiger partial charge in [0.05, 0.1) is 26.4 Å². The van der Waals surface area contributed by atoms with Gasteiger partial charge in [-0.25, -0.2) is 9.13 Å². The molecule has 0 aromatic rings. The quantitative estimate of drug-likeness (QED) is 0.0222. The molecule has 0 bridgehead atoms. The van der Waals surface area contributed by atoms with Gasteiger partial charge >= 0.3 is 39.5 Å². The molecule has 0 amide bonds. The van der Waals surface area contributed by atoms with Crippen molar-refractivity contribution in [2.24, 2.45) is 11.8 Å². The third-order valence-electron chi connectivity index (χ3n) is 14.5. The Balaban J connectivity index is 5.23. The van der Waals surface area contributed by atoms with E-state index in [-0.39, 0.29) is 25.7 Å². The number of hydrogen-bond acceptors (Lipinski definition) is 15. The molecule has 17 nitrogen and oxygen atoms in total. The molecule has 2 unspecified atom stereocenters. The van der Waals surface area contributed by atoms with Crippen LogP contribution in [-0.4, -0.2) is 96.7 Å². The van der Waals surface area contributed by atoms with Gasteiger partial charge in [-0.05, 0) is 37.5 Å². The molecule has 0 aliphatic carbocycles. The first-order chi connectivity index (χ1) is 39.4. The van der Waals surface area contributed by atoms with Crippen LogP contribution in [0.2, 0.25) is 0 Å². The normalized spacial score (nSPS) is 14.3. The Bertz CT molecular complexity index is 1620. The average molecular weight is 1210 g/mol. The molecule has 19 heteroatoms. The summed E-state index contributed by atoms with van der Waals surface area (Å²) in [5, 5.41) is 10.5. The number of carbonyl (C=O) groups is 4. The van der Waals surface area contributed by atoms with Gasteiger partial charge in [-0.2, -0.15) is 0 Å². The van der Waals surface area contributed by atoms with Gasteiger partial charge in [0, 0.05) is 25.7 Å². The smallest absolute Gasteiger partial charge is 0.462 e. The lowest BCUT2D eigenvalue weighted by molar-refractivity contribution is -0.161. The summed E-state index contributed by atoms with van der Waals surface area (Å²) in [6.45, 7) is 9.39. The van der Waals surface area contributed by atoms with Crippen molar-refractivity contribution in [3.63, 3.8) is 0 Å². The number of esters is 4. The van der Waals surface area contributed by atoms with Crippen molar-refractivity contribution in [3.8, 4) is 0 Å². The van der Waals surface area contributed by atoms with E-state index in [2.05, 4.69) is 41.5 Å². The first-order valence-corrected chi connectivity index (χ1v) is 36.0. The predicted octanol–water partition coefficient (Wildman–Crippen LogP) is 17.3. The molecule has 0 aliphatic heterocycles. The molecule has 0 aromatic carbocycles. The monoisotopic (exact) mass is 1210 g/mol. The van der Waals surface area contributed by atoms with Gasteiger partial charge in [0.15, 0.2) is 12.2 Å². The second-order valence-electron chi connectivity index (χ2n) is 23.7. The number of rotatable bonds is 62. The minimum Gasteiger partial charge on any atom is -0.462 e. The van der Waals surface area contributed by atoms with Crippen molar-refractivity contribution < 1.29 is 80.2 Å². The van der Waals surface area contributed by atoms with Gasteiger partial charge in [0.25, 0.3) is 0 Å². The number of hydrogen-bond donors (Lipinski definition) is 3. The van der Waals surface area contributed by atoms with Crippen molar-refractivity contribution in [2.75, 3.05) is 39.6 Å². The Kier molecular flexibility index (Phi) is 54.3. The van der Waals surface area contributed by atoms with E-state index in [4.69, 9.17) is 37.0 Å². The fraction of sp³-hybridized carbons (Fsp3) is 0.937. The van der Waals surface area contributed by atoms with Crippen LogP contribution in [0.5, 0.6) is 0 Å². The van der Waals surface area contributed by atoms with Crippen LogP contribution in [0.1, 0.15) is 311 Å². The minimum absolute atomic E-state index is 0.103. The van der Waals surface area contributed by atoms with E-state index in [0.29, 0.717) is 31.6 Å². The van der Waals surface area contributed by atoms with Crippen molar-refractivity contribution >= 4 is 39.5 Å². The molecular weight excluding hydrogens is 1090 g/mol. The van der Waals surface area contributed by atoms with Crippen LogP contribution >= 0.6 is 15.6 Å². The van der Waals surface area contributed by atoms with Crippen molar-refractivity contribution in [2.45, 2.75) is 330 Å². The molecule has 0 saturated carbocycles. The van der Waals surface area contributed by atoms with Crippen LogP contribution in [-0.2, 0) is 65.4 Å². The highest BCUT2D eigenvalue weighted by atomic mass is 31.2. The molecule has 82 heavy (non-hydrogen) atoms. The third kappa shape index (κ3) is 57.2. The van der Waals surface area contributed by atoms with Gasteiger partial charge in [-0.1, -0.05) is 260 Å². The molecule has 0 saturated heterocycles. The maximum Gasteiger partial charge on any atom is 0.472 e. The maximum atomic E-state index is 13.0. The maximum absolute atomic E-state index is 13.0. The van der Waals surface area contributed by atoms with Crippen molar-refractivity contribution in [1.29, 1.82) is 0 Å². The van der Waals surface area contributed by atoms with E-state index in [1.54, 1.807) is 0 Å². The lowest BCUT2D eigenvalue weighted by Gasteiger charge is -2.21. The number of unbranched alkanes of at least 4 members (excludes halogenated alkanes) is 32.